The standard InChI is InChI=1S/C35H47F2N9O2S.C5H9NO/c1-23(38)27(22-45-13-9-25(10-14-45)26-7-8-31-32(19-26)44(3)43-33(31)39-2)17-24-5-4-6-30(18-24)49(47)46-15-11-28(12-16-46)42-35-40-20-29(21-41-35)48-34(36)37;1-2-6-4-3-5-7/h4,6-8,18-21,24-25,27-28,34H,1,5,9-17,22,38H2,2-3H3,(H,39,43)(H,40,41,42);2,5-6H,1,3-4H2. The molecule has 3 unspecified atom stereocenters. The molecule has 3 atom stereocenters. The number of nitrogens with zero attached hydrogens (tertiary/aromatic N) is 6. The van der Waals surface area contributed by atoms with Crippen LogP contribution in [0.25, 0.3) is 10.9 Å². The van der Waals surface area contributed by atoms with Gasteiger partial charge in [-0.05, 0) is 93.4 Å². The Morgan fingerprint density at radius 3 is 2.52 bits per heavy atom. The Hall–Kier alpha value is -4.67. The Balaban J connectivity index is 0.000000784. The minimum Gasteiger partial charge on any atom is -0.432 e. The lowest BCUT2D eigenvalue weighted by Gasteiger charge is -2.35. The Morgan fingerprint density at radius 2 is 1.88 bits per heavy atom. The molecule has 56 heavy (non-hydrogen) atoms. The monoisotopic (exact) mass is 794 g/mol. The molecule has 2 fully saturated rings. The quantitative estimate of drug-likeness (QED) is 0.0987. The highest BCUT2D eigenvalue weighted by Crippen LogP contribution is 2.34. The zero-order valence-electron chi connectivity index (χ0n) is 32.4. The van der Waals surface area contributed by atoms with Crippen LogP contribution in [-0.4, -0.2) is 98.4 Å². The number of hydrogen-bond donors (Lipinski definition) is 4. The first kappa shape index (κ1) is 42.5. The van der Waals surface area contributed by atoms with Crippen LogP contribution in [0.1, 0.15) is 56.4 Å². The highest BCUT2D eigenvalue weighted by Gasteiger charge is 2.28. The first-order chi connectivity index (χ1) is 27.1. The smallest absolute Gasteiger partial charge is 0.387 e. The van der Waals surface area contributed by atoms with Crippen LogP contribution in [0.4, 0.5) is 20.5 Å². The van der Waals surface area contributed by atoms with Crippen molar-refractivity contribution in [2.45, 2.75) is 63.5 Å². The summed E-state index contributed by atoms with van der Waals surface area (Å²) >= 11 is 0. The van der Waals surface area contributed by atoms with E-state index in [2.05, 4.69) is 84.2 Å². The first-order valence-electron chi connectivity index (χ1n) is 19.3. The average molecular weight is 795 g/mol. The van der Waals surface area contributed by atoms with E-state index in [0.717, 1.165) is 86.1 Å². The van der Waals surface area contributed by atoms with Crippen molar-refractivity contribution in [3.8, 4) is 5.75 Å². The third-order valence-corrected chi connectivity index (χ3v) is 12.0. The second-order valence-electron chi connectivity index (χ2n) is 14.4. The van der Waals surface area contributed by atoms with E-state index < -0.39 is 17.6 Å². The van der Waals surface area contributed by atoms with Crippen LogP contribution in [0, 0.1) is 11.8 Å². The summed E-state index contributed by atoms with van der Waals surface area (Å²) in [5.74, 6) is 2.10. The molecular formula is C40H56F2N10O3S. The minimum absolute atomic E-state index is 0.0839. The SMILES string of the molecule is C=C(N)C(CC1C=C(S(=O)N2CCC(Nc3ncc(OC(F)F)cn3)CC2)C=CC1)CN1CCC(c2ccc3c(NC)nn(C)c3c2)CC1.C=CNCCC=O. The number of fused-ring (bicyclic) bond motifs is 1. The number of allylic oxidation sites excluding steroid dienone is 3. The lowest BCUT2D eigenvalue weighted by molar-refractivity contribution is -0.107. The van der Waals surface area contributed by atoms with Crippen molar-refractivity contribution in [1.82, 2.24) is 34.3 Å². The number of carbonyl (C=O) groups excluding carboxylic acids is 1. The molecule has 0 spiro atoms. The van der Waals surface area contributed by atoms with E-state index in [1.54, 1.807) is 6.20 Å². The summed E-state index contributed by atoms with van der Waals surface area (Å²) in [5, 5.41) is 14.9. The number of aromatic nitrogens is 4. The number of aryl methyl sites for hydroxylation is 1. The third-order valence-electron chi connectivity index (χ3n) is 10.5. The number of ether oxygens (including phenoxy) is 1. The molecule has 3 aliphatic rings. The predicted molar refractivity (Wildman–Crippen MR) is 219 cm³/mol. The number of likely N-dealkylation sites (tertiary alicyclic amines) is 1. The number of nitrogens with two attached hydrogens (primary N) is 1. The fraction of sp³-hybridized carbons (Fsp3) is 0.500. The van der Waals surface area contributed by atoms with Crippen LogP contribution >= 0.6 is 0 Å². The van der Waals surface area contributed by atoms with Crippen molar-refractivity contribution in [2.75, 3.05) is 56.9 Å². The number of rotatable bonds is 17. The molecule has 2 saturated heterocycles. The predicted octanol–water partition coefficient (Wildman–Crippen LogP) is 5.67. The number of nitrogens with one attached hydrogen (secondary N) is 3. The molecular weight excluding hydrogens is 739 g/mol. The molecule has 2 aliphatic heterocycles. The molecule has 0 saturated carbocycles. The zero-order valence-corrected chi connectivity index (χ0v) is 33.2. The van der Waals surface area contributed by atoms with Crippen molar-refractivity contribution in [3.05, 3.63) is 84.3 Å². The molecule has 3 aromatic rings. The number of aldehydes is 1. The lowest BCUT2D eigenvalue weighted by atomic mass is 9.86. The lowest BCUT2D eigenvalue weighted by Crippen LogP contribution is -2.40. The number of anilines is 2. The number of piperidine rings is 2. The van der Waals surface area contributed by atoms with Gasteiger partial charge in [-0.3, -0.25) is 4.68 Å². The first-order valence-corrected chi connectivity index (χ1v) is 20.4. The molecule has 4 heterocycles. The van der Waals surface area contributed by atoms with E-state index in [0.29, 0.717) is 43.6 Å². The van der Waals surface area contributed by atoms with E-state index in [9.17, 15) is 17.8 Å². The molecule has 16 heteroatoms. The fourth-order valence-electron chi connectivity index (χ4n) is 7.47. The number of halogens is 2. The van der Waals surface area contributed by atoms with Crippen molar-refractivity contribution in [1.29, 1.82) is 0 Å². The normalized spacial score (nSPS) is 19.4. The van der Waals surface area contributed by atoms with Crippen molar-refractivity contribution in [3.63, 3.8) is 0 Å². The van der Waals surface area contributed by atoms with Crippen LogP contribution in [0.5, 0.6) is 5.75 Å². The Kier molecular flexibility index (Phi) is 15.9. The minimum atomic E-state index is -2.92. The van der Waals surface area contributed by atoms with Gasteiger partial charge >= 0.3 is 6.61 Å². The van der Waals surface area contributed by atoms with Gasteiger partial charge in [-0.1, -0.05) is 31.4 Å². The molecule has 2 aromatic heterocycles. The van der Waals surface area contributed by atoms with Gasteiger partial charge < -0.3 is 36.1 Å². The number of hydrogen-bond acceptors (Lipinski definition) is 11. The Bertz CT molecular complexity index is 1830. The van der Waals surface area contributed by atoms with E-state index in [4.69, 9.17) is 5.73 Å². The number of benzene rings is 1. The zero-order chi connectivity index (χ0) is 40.0. The van der Waals surface area contributed by atoms with Crippen LogP contribution in [0.15, 0.2) is 78.8 Å². The molecule has 5 N–H and O–H groups in total. The summed E-state index contributed by atoms with van der Waals surface area (Å²) in [6.07, 6.45) is 17.2. The molecule has 13 nitrogen and oxygen atoms in total. The maximum Gasteiger partial charge on any atom is 0.387 e. The topological polar surface area (TPSA) is 156 Å². The van der Waals surface area contributed by atoms with Gasteiger partial charge in [0.05, 0.1) is 22.8 Å². The second-order valence-corrected chi connectivity index (χ2v) is 15.9. The van der Waals surface area contributed by atoms with Gasteiger partial charge in [0.15, 0.2) is 11.6 Å². The highest BCUT2D eigenvalue weighted by atomic mass is 32.2. The van der Waals surface area contributed by atoms with Crippen molar-refractivity contribution < 1.29 is 22.5 Å². The maximum atomic E-state index is 13.6. The molecule has 0 radical (unpaired) electrons. The van der Waals surface area contributed by atoms with Crippen LogP contribution in [0.2, 0.25) is 0 Å². The maximum absolute atomic E-state index is 13.6. The summed E-state index contributed by atoms with van der Waals surface area (Å²) < 4.78 is 46.7. The molecule has 0 amide bonds. The molecule has 304 valence electrons. The second kappa shape index (κ2) is 21.0. The summed E-state index contributed by atoms with van der Waals surface area (Å²) in [7, 11) is 2.64. The number of carbonyl (C=O) groups is 1. The molecule has 1 aromatic carbocycles. The Morgan fingerprint density at radius 1 is 1.14 bits per heavy atom. The van der Waals surface area contributed by atoms with Gasteiger partial charge in [0, 0.05) is 69.7 Å². The summed E-state index contributed by atoms with van der Waals surface area (Å²) in [4.78, 5) is 21.1. The third kappa shape index (κ3) is 11.9. The summed E-state index contributed by atoms with van der Waals surface area (Å²) in [6, 6.07) is 6.84. The molecule has 0 bridgehead atoms. The highest BCUT2D eigenvalue weighted by molar-refractivity contribution is 7.86. The van der Waals surface area contributed by atoms with Gasteiger partial charge in [-0.2, -0.15) is 13.9 Å². The van der Waals surface area contributed by atoms with Gasteiger partial charge in [0.2, 0.25) is 5.95 Å². The summed E-state index contributed by atoms with van der Waals surface area (Å²) in [5.41, 5.74) is 9.63. The van der Waals surface area contributed by atoms with Gasteiger partial charge in [-0.25, -0.2) is 18.5 Å². The number of alkyl halides is 2. The van der Waals surface area contributed by atoms with Crippen molar-refractivity contribution in [2.24, 2.45) is 24.6 Å². The van der Waals surface area contributed by atoms with Crippen LogP contribution in [0.3, 0.4) is 0 Å². The van der Waals surface area contributed by atoms with Crippen molar-refractivity contribution >= 4 is 39.9 Å². The van der Waals surface area contributed by atoms with Crippen LogP contribution in [-0.2, 0) is 22.8 Å². The molecule has 6 rings (SSSR count). The van der Waals surface area contributed by atoms with Gasteiger partial charge in [0.1, 0.15) is 17.3 Å². The van der Waals surface area contributed by atoms with Crippen LogP contribution < -0.4 is 26.4 Å². The average Bonchev–Trinajstić information content (AvgIpc) is 3.53. The largest absolute Gasteiger partial charge is 0.432 e. The fourth-order valence-corrected chi connectivity index (χ4v) is 8.84. The van der Waals surface area contributed by atoms with Gasteiger partial charge in [0.25, 0.3) is 0 Å². The molecule has 1 aliphatic carbocycles. The van der Waals surface area contributed by atoms with Gasteiger partial charge in [-0.15, -0.1) is 0 Å². The van der Waals surface area contributed by atoms with E-state index in [1.807, 2.05) is 29.2 Å². The Labute approximate surface area is 331 Å². The summed E-state index contributed by atoms with van der Waals surface area (Å²) in [6.45, 7) is 9.57. The van der Waals surface area contributed by atoms with E-state index in [-0.39, 0.29) is 23.6 Å². The van der Waals surface area contributed by atoms with E-state index in [1.165, 1.54) is 18.0 Å². The van der Waals surface area contributed by atoms with E-state index >= 15 is 0 Å².